The monoisotopic (exact) mass is 387 g/mol. The van der Waals surface area contributed by atoms with Crippen molar-refractivity contribution in [1.82, 2.24) is 14.3 Å². The summed E-state index contributed by atoms with van der Waals surface area (Å²) in [4.78, 5) is 37.7. The van der Waals surface area contributed by atoms with Gasteiger partial charge in [-0.3, -0.25) is 14.4 Å². The first-order valence-corrected chi connectivity index (χ1v) is 9.60. The number of Topliss-reactive ketones (excluding diaryl/α,β-unsaturated/α-hetero) is 1. The minimum Gasteiger partial charge on any atom is -0.316 e. The molecule has 0 saturated heterocycles. The number of nitrogens with zero attached hydrogens (tertiary/aromatic N) is 1. The molecule has 9 heteroatoms. The van der Waals surface area contributed by atoms with Gasteiger partial charge < -0.3 is 9.55 Å². The number of hydrogen-bond donors (Lipinski definition) is 2. The summed E-state index contributed by atoms with van der Waals surface area (Å²) >= 11 is 0. The highest BCUT2D eigenvalue weighted by atomic mass is 32.2. The number of sulfonamides is 1. The predicted octanol–water partition coefficient (Wildman–Crippen LogP) is 0.871. The molecule has 0 atom stereocenters. The van der Waals surface area contributed by atoms with Gasteiger partial charge in [-0.05, 0) is 31.2 Å². The first-order chi connectivity index (χ1) is 12.8. The number of rotatable bonds is 6. The van der Waals surface area contributed by atoms with Crippen molar-refractivity contribution in [3.8, 4) is 0 Å². The van der Waals surface area contributed by atoms with Crippen molar-refractivity contribution in [2.75, 3.05) is 6.54 Å². The number of carbonyl (C=O) groups is 1. The van der Waals surface area contributed by atoms with Crippen LogP contribution in [0.5, 0.6) is 0 Å². The molecule has 2 aromatic carbocycles. The third-order valence-corrected chi connectivity index (χ3v) is 5.56. The lowest BCUT2D eigenvalue weighted by Gasteiger charge is -2.11. The SMILES string of the molecule is CC(=O)c1ccc(S(=O)(=O)NCCn2c(=O)c(=O)[nH]c3ccccc32)cc1. The van der Waals surface area contributed by atoms with E-state index in [1.165, 1.54) is 35.8 Å². The zero-order valence-corrected chi connectivity index (χ0v) is 15.2. The molecule has 0 aliphatic heterocycles. The second-order valence-corrected chi connectivity index (χ2v) is 7.67. The van der Waals surface area contributed by atoms with Crippen molar-refractivity contribution >= 4 is 26.8 Å². The number of benzene rings is 2. The standard InChI is InChI=1S/C18H17N3O5S/c1-12(22)13-6-8-14(9-7-13)27(25,26)19-10-11-21-16-5-3-2-4-15(16)20-17(23)18(21)24/h2-9,19H,10-11H2,1H3,(H,20,23). The number of carbonyl (C=O) groups excluding carboxylic acids is 1. The fourth-order valence-corrected chi connectivity index (χ4v) is 3.71. The second-order valence-electron chi connectivity index (χ2n) is 5.91. The van der Waals surface area contributed by atoms with Crippen LogP contribution in [0, 0.1) is 0 Å². The smallest absolute Gasteiger partial charge is 0.316 e. The highest BCUT2D eigenvalue weighted by Gasteiger charge is 2.15. The fraction of sp³-hybridized carbons (Fsp3) is 0.167. The van der Waals surface area contributed by atoms with Gasteiger partial charge in [0.25, 0.3) is 0 Å². The second kappa shape index (κ2) is 7.29. The van der Waals surface area contributed by atoms with E-state index in [-0.39, 0.29) is 23.8 Å². The van der Waals surface area contributed by atoms with Crippen LogP contribution in [0.1, 0.15) is 17.3 Å². The van der Waals surface area contributed by atoms with Crippen molar-refractivity contribution < 1.29 is 13.2 Å². The molecular weight excluding hydrogens is 370 g/mol. The summed E-state index contributed by atoms with van der Waals surface area (Å²) in [6.07, 6.45) is 0. The largest absolute Gasteiger partial charge is 0.316 e. The molecule has 0 amide bonds. The number of para-hydroxylation sites is 2. The molecular formula is C18H17N3O5S. The lowest BCUT2D eigenvalue weighted by Crippen LogP contribution is -2.39. The maximum atomic E-state index is 12.4. The Morgan fingerprint density at radius 3 is 2.41 bits per heavy atom. The minimum absolute atomic E-state index is 0.00593. The zero-order chi connectivity index (χ0) is 19.6. The van der Waals surface area contributed by atoms with Gasteiger partial charge >= 0.3 is 11.1 Å². The van der Waals surface area contributed by atoms with Crippen molar-refractivity contribution in [3.05, 3.63) is 74.8 Å². The lowest BCUT2D eigenvalue weighted by molar-refractivity contribution is 0.101. The molecule has 0 saturated carbocycles. The number of ketones is 1. The first kappa shape index (κ1) is 18.7. The fourth-order valence-electron chi connectivity index (χ4n) is 2.69. The average molecular weight is 387 g/mol. The molecule has 27 heavy (non-hydrogen) atoms. The molecule has 8 nitrogen and oxygen atoms in total. The molecule has 1 aromatic heterocycles. The van der Waals surface area contributed by atoms with Crippen LogP contribution in [0.25, 0.3) is 11.0 Å². The Morgan fingerprint density at radius 2 is 1.74 bits per heavy atom. The molecule has 0 spiro atoms. The van der Waals surface area contributed by atoms with E-state index in [0.29, 0.717) is 16.6 Å². The first-order valence-electron chi connectivity index (χ1n) is 8.12. The Balaban J connectivity index is 1.81. The quantitative estimate of drug-likeness (QED) is 0.481. The highest BCUT2D eigenvalue weighted by Crippen LogP contribution is 2.11. The summed E-state index contributed by atoms with van der Waals surface area (Å²) in [5.74, 6) is -0.160. The molecule has 140 valence electrons. The zero-order valence-electron chi connectivity index (χ0n) is 14.4. The van der Waals surface area contributed by atoms with Crippen molar-refractivity contribution in [2.45, 2.75) is 18.4 Å². The van der Waals surface area contributed by atoms with E-state index in [1.807, 2.05) is 0 Å². The van der Waals surface area contributed by atoms with Crippen molar-refractivity contribution in [2.24, 2.45) is 0 Å². The van der Waals surface area contributed by atoms with E-state index < -0.39 is 21.1 Å². The normalized spacial score (nSPS) is 11.6. The summed E-state index contributed by atoms with van der Waals surface area (Å²) in [5.41, 5.74) is -0.109. The Labute approximate surface area is 154 Å². The van der Waals surface area contributed by atoms with E-state index >= 15 is 0 Å². The molecule has 0 radical (unpaired) electrons. The van der Waals surface area contributed by atoms with E-state index in [2.05, 4.69) is 9.71 Å². The van der Waals surface area contributed by atoms with Crippen LogP contribution in [-0.4, -0.2) is 30.3 Å². The average Bonchev–Trinajstić information content (AvgIpc) is 2.65. The van der Waals surface area contributed by atoms with Crippen LogP contribution in [-0.2, 0) is 16.6 Å². The van der Waals surface area contributed by atoms with Gasteiger partial charge in [-0.15, -0.1) is 0 Å². The maximum absolute atomic E-state index is 12.4. The molecule has 0 aliphatic carbocycles. The Bertz CT molecular complexity index is 1220. The lowest BCUT2D eigenvalue weighted by atomic mass is 10.2. The predicted molar refractivity (Wildman–Crippen MR) is 100 cm³/mol. The van der Waals surface area contributed by atoms with Gasteiger partial charge in [-0.1, -0.05) is 24.3 Å². The number of H-pyrrole nitrogens is 1. The molecule has 3 rings (SSSR count). The van der Waals surface area contributed by atoms with Crippen LogP contribution in [0.2, 0.25) is 0 Å². The van der Waals surface area contributed by atoms with Gasteiger partial charge in [0.1, 0.15) is 0 Å². The van der Waals surface area contributed by atoms with Crippen molar-refractivity contribution in [3.63, 3.8) is 0 Å². The third kappa shape index (κ3) is 3.88. The number of hydrogen-bond acceptors (Lipinski definition) is 5. The highest BCUT2D eigenvalue weighted by molar-refractivity contribution is 7.89. The van der Waals surface area contributed by atoms with Crippen LogP contribution in [0.4, 0.5) is 0 Å². The van der Waals surface area contributed by atoms with Gasteiger partial charge in [0.2, 0.25) is 10.0 Å². The van der Waals surface area contributed by atoms with Gasteiger partial charge in [0, 0.05) is 18.7 Å². The molecule has 2 N–H and O–H groups in total. The summed E-state index contributed by atoms with van der Waals surface area (Å²) in [5, 5.41) is 0. The minimum atomic E-state index is -3.81. The Kier molecular flexibility index (Phi) is 5.06. The number of aromatic nitrogens is 2. The van der Waals surface area contributed by atoms with Gasteiger partial charge in [-0.25, -0.2) is 13.1 Å². The summed E-state index contributed by atoms with van der Waals surface area (Å²) in [7, 11) is -3.81. The summed E-state index contributed by atoms with van der Waals surface area (Å²) < 4.78 is 28.4. The van der Waals surface area contributed by atoms with Gasteiger partial charge in [0.05, 0.1) is 15.9 Å². The van der Waals surface area contributed by atoms with E-state index in [0.717, 1.165) is 0 Å². The van der Waals surface area contributed by atoms with Crippen LogP contribution in [0.15, 0.2) is 63.0 Å². The van der Waals surface area contributed by atoms with E-state index in [9.17, 15) is 22.8 Å². The third-order valence-electron chi connectivity index (χ3n) is 4.08. The molecule has 0 aliphatic rings. The molecule has 0 bridgehead atoms. The molecule has 0 fully saturated rings. The molecule has 1 heterocycles. The number of aromatic amines is 1. The topological polar surface area (TPSA) is 118 Å². The van der Waals surface area contributed by atoms with E-state index in [1.54, 1.807) is 24.3 Å². The summed E-state index contributed by atoms with van der Waals surface area (Å²) in [6.45, 7) is 1.31. The summed E-state index contributed by atoms with van der Waals surface area (Å²) in [6, 6.07) is 12.3. The van der Waals surface area contributed by atoms with E-state index in [4.69, 9.17) is 0 Å². The maximum Gasteiger partial charge on any atom is 0.316 e. The molecule has 3 aromatic rings. The van der Waals surface area contributed by atoms with Crippen molar-refractivity contribution in [1.29, 1.82) is 0 Å². The van der Waals surface area contributed by atoms with Crippen LogP contribution in [0.3, 0.4) is 0 Å². The number of fused-ring (bicyclic) bond motifs is 1. The van der Waals surface area contributed by atoms with Crippen LogP contribution >= 0.6 is 0 Å². The van der Waals surface area contributed by atoms with Gasteiger partial charge in [-0.2, -0.15) is 0 Å². The van der Waals surface area contributed by atoms with Gasteiger partial charge in [0.15, 0.2) is 5.78 Å². The molecule has 0 unspecified atom stereocenters. The Morgan fingerprint density at radius 1 is 1.07 bits per heavy atom. The Hall–Kier alpha value is -3.04. The number of nitrogens with one attached hydrogen (secondary N) is 2. The van der Waals surface area contributed by atoms with Crippen LogP contribution < -0.4 is 15.8 Å².